The molecule has 1 N–H and O–H groups in total. The van der Waals surface area contributed by atoms with Crippen LogP contribution in [0.3, 0.4) is 0 Å². The van der Waals surface area contributed by atoms with E-state index in [0.29, 0.717) is 0 Å². The molecule has 0 radical (unpaired) electrons. The third-order valence-corrected chi connectivity index (χ3v) is 4.13. The van der Waals surface area contributed by atoms with Crippen molar-refractivity contribution in [3.8, 4) is 0 Å². The highest BCUT2D eigenvalue weighted by molar-refractivity contribution is 5.56. The first-order valence-electron chi connectivity index (χ1n) is 6.90. The van der Waals surface area contributed by atoms with E-state index in [-0.39, 0.29) is 0 Å². The topological polar surface area (TPSA) is 15.3 Å². The van der Waals surface area contributed by atoms with Gasteiger partial charge in [0.1, 0.15) is 0 Å². The van der Waals surface area contributed by atoms with Gasteiger partial charge in [0.2, 0.25) is 0 Å². The van der Waals surface area contributed by atoms with E-state index in [1.165, 1.54) is 50.1 Å². The fraction of sp³-hybridized carbons (Fsp3) is 0.600. The summed E-state index contributed by atoms with van der Waals surface area (Å²) in [5, 5.41) is 3.53. The molecule has 0 saturated carbocycles. The van der Waals surface area contributed by atoms with Crippen LogP contribution in [-0.4, -0.2) is 31.1 Å². The Morgan fingerprint density at radius 3 is 2.94 bits per heavy atom. The molecule has 2 nitrogen and oxygen atoms in total. The fourth-order valence-electron chi connectivity index (χ4n) is 3.18. The molecular formula is C15H22N2. The average Bonchev–Trinajstić information content (AvgIpc) is 2.83. The molecule has 2 aliphatic heterocycles. The molecule has 2 heteroatoms. The Bertz CT molecular complexity index is 394. The molecule has 1 saturated heterocycles. The van der Waals surface area contributed by atoms with Gasteiger partial charge in [-0.2, -0.15) is 0 Å². The number of aryl methyl sites for hydroxylation is 1. The predicted octanol–water partition coefficient (Wildman–Crippen LogP) is 2.99. The van der Waals surface area contributed by atoms with Crippen LogP contribution in [0.4, 0.5) is 5.69 Å². The molecule has 1 aromatic carbocycles. The summed E-state index contributed by atoms with van der Waals surface area (Å²) in [6, 6.07) is 6.84. The lowest BCUT2D eigenvalue weighted by molar-refractivity contribution is 0.307. The summed E-state index contributed by atoms with van der Waals surface area (Å²) < 4.78 is 0. The third-order valence-electron chi connectivity index (χ3n) is 4.13. The van der Waals surface area contributed by atoms with Crippen molar-refractivity contribution in [3.05, 3.63) is 29.3 Å². The van der Waals surface area contributed by atoms with Crippen LogP contribution in [-0.2, 0) is 0 Å². The maximum absolute atomic E-state index is 3.53. The highest BCUT2D eigenvalue weighted by Gasteiger charge is 2.23. The van der Waals surface area contributed by atoms with E-state index in [9.17, 15) is 0 Å². The summed E-state index contributed by atoms with van der Waals surface area (Å²) >= 11 is 0. The first-order valence-corrected chi connectivity index (χ1v) is 6.90. The van der Waals surface area contributed by atoms with Gasteiger partial charge < -0.3 is 10.2 Å². The Morgan fingerprint density at radius 2 is 2.12 bits per heavy atom. The van der Waals surface area contributed by atoms with Crippen molar-refractivity contribution in [1.29, 1.82) is 0 Å². The summed E-state index contributed by atoms with van der Waals surface area (Å²) in [7, 11) is 0. The number of hydrogen-bond donors (Lipinski definition) is 1. The van der Waals surface area contributed by atoms with E-state index in [0.717, 1.165) is 12.5 Å². The van der Waals surface area contributed by atoms with Crippen molar-refractivity contribution >= 4 is 5.69 Å². The van der Waals surface area contributed by atoms with Gasteiger partial charge in [-0.15, -0.1) is 0 Å². The van der Waals surface area contributed by atoms with E-state index in [4.69, 9.17) is 0 Å². The zero-order valence-corrected chi connectivity index (χ0v) is 10.7. The van der Waals surface area contributed by atoms with Gasteiger partial charge in [0, 0.05) is 24.7 Å². The summed E-state index contributed by atoms with van der Waals surface area (Å²) in [4.78, 5) is 2.64. The molecule has 0 aliphatic carbocycles. The van der Waals surface area contributed by atoms with Gasteiger partial charge >= 0.3 is 0 Å². The standard InChI is InChI=1S/C15H22N2/c1-12-4-5-15-14(10-12)13(6-7-16-15)11-17-8-2-3-9-17/h4-5,10,13,16H,2-3,6-9,11H2,1H3. The molecule has 1 fully saturated rings. The molecule has 1 unspecified atom stereocenters. The van der Waals surface area contributed by atoms with E-state index in [1.54, 1.807) is 5.56 Å². The van der Waals surface area contributed by atoms with E-state index in [1.807, 2.05) is 0 Å². The van der Waals surface area contributed by atoms with Crippen LogP contribution in [0.1, 0.15) is 36.3 Å². The number of likely N-dealkylation sites (tertiary alicyclic amines) is 1. The van der Waals surface area contributed by atoms with Gasteiger partial charge in [0.05, 0.1) is 0 Å². The van der Waals surface area contributed by atoms with Crippen LogP contribution >= 0.6 is 0 Å². The number of nitrogens with zero attached hydrogens (tertiary/aromatic N) is 1. The van der Waals surface area contributed by atoms with Crippen LogP contribution in [0.2, 0.25) is 0 Å². The SMILES string of the molecule is Cc1ccc2c(c1)C(CN1CCCC1)CCN2. The molecule has 0 spiro atoms. The molecule has 0 bridgehead atoms. The van der Waals surface area contributed by atoms with Crippen molar-refractivity contribution in [2.24, 2.45) is 0 Å². The number of fused-ring (bicyclic) bond motifs is 1. The van der Waals surface area contributed by atoms with Gasteiger partial charge in [-0.3, -0.25) is 0 Å². The molecular weight excluding hydrogens is 208 g/mol. The second kappa shape index (κ2) is 4.69. The fourth-order valence-corrected chi connectivity index (χ4v) is 3.18. The molecule has 17 heavy (non-hydrogen) atoms. The van der Waals surface area contributed by atoms with Crippen molar-refractivity contribution < 1.29 is 0 Å². The van der Waals surface area contributed by atoms with Crippen LogP contribution in [0.15, 0.2) is 18.2 Å². The number of nitrogens with one attached hydrogen (secondary N) is 1. The Labute approximate surface area is 104 Å². The maximum atomic E-state index is 3.53. The molecule has 1 atom stereocenters. The first-order chi connectivity index (χ1) is 8.33. The Hall–Kier alpha value is -1.02. The lowest BCUT2D eigenvalue weighted by Gasteiger charge is -2.30. The van der Waals surface area contributed by atoms with Gasteiger partial charge in [-0.05, 0) is 50.9 Å². The first kappa shape index (κ1) is 11.1. The van der Waals surface area contributed by atoms with Crippen LogP contribution < -0.4 is 5.32 Å². The minimum Gasteiger partial charge on any atom is -0.385 e. The van der Waals surface area contributed by atoms with Gasteiger partial charge in [0.15, 0.2) is 0 Å². The Kier molecular flexibility index (Phi) is 3.06. The number of hydrogen-bond acceptors (Lipinski definition) is 2. The smallest absolute Gasteiger partial charge is 0.0376 e. The minimum absolute atomic E-state index is 0.740. The number of benzene rings is 1. The maximum Gasteiger partial charge on any atom is 0.0376 e. The third kappa shape index (κ3) is 2.32. The normalized spacial score (nSPS) is 24.4. The zero-order valence-electron chi connectivity index (χ0n) is 10.7. The lowest BCUT2D eigenvalue weighted by atomic mass is 9.89. The second-order valence-corrected chi connectivity index (χ2v) is 5.51. The Morgan fingerprint density at radius 1 is 1.29 bits per heavy atom. The molecule has 2 heterocycles. The quantitative estimate of drug-likeness (QED) is 0.840. The zero-order chi connectivity index (χ0) is 11.7. The summed E-state index contributed by atoms with van der Waals surface area (Å²) in [6.07, 6.45) is 4.07. The van der Waals surface area contributed by atoms with E-state index in [2.05, 4.69) is 35.3 Å². The van der Waals surface area contributed by atoms with E-state index < -0.39 is 0 Å². The summed E-state index contributed by atoms with van der Waals surface area (Å²) in [6.45, 7) is 7.21. The van der Waals surface area contributed by atoms with Crippen molar-refractivity contribution in [2.75, 3.05) is 31.5 Å². The second-order valence-electron chi connectivity index (χ2n) is 5.51. The van der Waals surface area contributed by atoms with Gasteiger partial charge in [-0.1, -0.05) is 17.7 Å². The van der Waals surface area contributed by atoms with Crippen molar-refractivity contribution in [1.82, 2.24) is 4.90 Å². The molecule has 3 rings (SSSR count). The molecule has 0 amide bonds. The number of anilines is 1. The van der Waals surface area contributed by atoms with Gasteiger partial charge in [-0.25, -0.2) is 0 Å². The Balaban J connectivity index is 1.80. The lowest BCUT2D eigenvalue weighted by Crippen LogP contribution is -2.29. The predicted molar refractivity (Wildman–Crippen MR) is 72.7 cm³/mol. The molecule has 92 valence electrons. The van der Waals surface area contributed by atoms with E-state index >= 15 is 0 Å². The minimum atomic E-state index is 0.740. The van der Waals surface area contributed by atoms with Crippen LogP contribution in [0.25, 0.3) is 0 Å². The highest BCUT2D eigenvalue weighted by Crippen LogP contribution is 2.33. The van der Waals surface area contributed by atoms with Crippen LogP contribution in [0.5, 0.6) is 0 Å². The highest BCUT2D eigenvalue weighted by atomic mass is 15.1. The van der Waals surface area contributed by atoms with Crippen LogP contribution in [0, 0.1) is 6.92 Å². The molecule has 0 aromatic heterocycles. The monoisotopic (exact) mass is 230 g/mol. The summed E-state index contributed by atoms with van der Waals surface area (Å²) in [5.74, 6) is 0.740. The number of rotatable bonds is 2. The average molecular weight is 230 g/mol. The summed E-state index contributed by atoms with van der Waals surface area (Å²) in [5.41, 5.74) is 4.30. The van der Waals surface area contributed by atoms with Crippen molar-refractivity contribution in [2.45, 2.75) is 32.1 Å². The largest absolute Gasteiger partial charge is 0.385 e. The molecule has 1 aromatic rings. The van der Waals surface area contributed by atoms with Gasteiger partial charge in [0.25, 0.3) is 0 Å². The molecule has 2 aliphatic rings. The van der Waals surface area contributed by atoms with Crippen molar-refractivity contribution in [3.63, 3.8) is 0 Å².